The lowest BCUT2D eigenvalue weighted by atomic mass is 10.0. The lowest BCUT2D eigenvalue weighted by Gasteiger charge is -2.26. The zero-order valence-corrected chi connectivity index (χ0v) is 14.9. The van der Waals surface area contributed by atoms with Crippen LogP contribution in [0.3, 0.4) is 0 Å². The van der Waals surface area contributed by atoms with E-state index in [4.69, 9.17) is 0 Å². The molecule has 0 aromatic carbocycles. The number of alkyl halides is 3. The molecule has 152 valence electrons. The number of pyridine rings is 1. The molecular formula is C18H15F4N5O2. The monoisotopic (exact) mass is 409 g/mol. The molecular weight excluding hydrogens is 394 g/mol. The minimum atomic E-state index is -4.82. The van der Waals surface area contributed by atoms with E-state index >= 15 is 0 Å². The maximum atomic E-state index is 13.0. The molecule has 0 bridgehead atoms. The van der Waals surface area contributed by atoms with Crippen molar-refractivity contribution in [1.29, 1.82) is 0 Å². The van der Waals surface area contributed by atoms with Gasteiger partial charge in [-0.1, -0.05) is 12.7 Å². The van der Waals surface area contributed by atoms with Gasteiger partial charge in [-0.2, -0.15) is 0 Å². The summed E-state index contributed by atoms with van der Waals surface area (Å²) in [7, 11) is 0. The Kier molecular flexibility index (Phi) is 5.76. The van der Waals surface area contributed by atoms with E-state index in [2.05, 4.69) is 31.6 Å². The molecule has 3 heterocycles. The van der Waals surface area contributed by atoms with Crippen LogP contribution in [0.15, 0.2) is 49.2 Å². The fourth-order valence-corrected chi connectivity index (χ4v) is 2.67. The minimum absolute atomic E-state index is 0.193. The van der Waals surface area contributed by atoms with E-state index in [0.717, 1.165) is 11.6 Å². The number of hydrogen-bond donors (Lipinski definition) is 1. The third-order valence-corrected chi connectivity index (χ3v) is 3.95. The molecule has 2 aromatic heterocycles. The third kappa shape index (κ3) is 5.27. The maximum absolute atomic E-state index is 13.0. The average Bonchev–Trinajstić information content (AvgIpc) is 2.68. The van der Waals surface area contributed by atoms with Crippen molar-refractivity contribution < 1.29 is 27.1 Å². The topological polar surface area (TPSA) is 80.2 Å². The van der Waals surface area contributed by atoms with E-state index in [9.17, 15) is 22.4 Å². The van der Waals surface area contributed by atoms with Crippen LogP contribution < -0.4 is 10.1 Å². The van der Waals surface area contributed by atoms with Crippen molar-refractivity contribution in [1.82, 2.24) is 19.9 Å². The second-order valence-corrected chi connectivity index (χ2v) is 5.95. The number of halogens is 4. The highest BCUT2D eigenvalue weighted by Gasteiger charge is 2.31. The van der Waals surface area contributed by atoms with Crippen molar-refractivity contribution in [3.8, 4) is 5.88 Å². The number of aromatic nitrogens is 3. The average molecular weight is 409 g/mol. The normalized spacial score (nSPS) is 14.2. The molecule has 7 nitrogen and oxygen atoms in total. The first-order valence-corrected chi connectivity index (χ1v) is 8.36. The molecule has 1 amide bonds. The van der Waals surface area contributed by atoms with E-state index < -0.39 is 24.0 Å². The van der Waals surface area contributed by atoms with Gasteiger partial charge in [0.05, 0.1) is 11.9 Å². The van der Waals surface area contributed by atoms with Crippen LogP contribution in [0.25, 0.3) is 5.57 Å². The van der Waals surface area contributed by atoms with Gasteiger partial charge in [-0.25, -0.2) is 14.4 Å². The number of rotatable bonds is 5. The number of nitrogens with zero attached hydrogens (tertiary/aromatic N) is 4. The van der Waals surface area contributed by atoms with E-state index in [-0.39, 0.29) is 13.1 Å². The van der Waals surface area contributed by atoms with Gasteiger partial charge in [0.1, 0.15) is 5.69 Å². The molecule has 2 aromatic rings. The first kappa shape index (κ1) is 20.2. The Balaban J connectivity index is 1.75. The molecule has 1 aliphatic rings. The van der Waals surface area contributed by atoms with E-state index in [1.807, 2.05) is 0 Å². The van der Waals surface area contributed by atoms with Gasteiger partial charge in [-0.05, 0) is 18.1 Å². The van der Waals surface area contributed by atoms with Crippen LogP contribution in [-0.2, 0) is 4.79 Å². The van der Waals surface area contributed by atoms with Gasteiger partial charge in [-0.15, -0.1) is 13.2 Å². The van der Waals surface area contributed by atoms with Gasteiger partial charge in [0.2, 0.25) is 5.88 Å². The molecule has 0 spiro atoms. The molecule has 11 heteroatoms. The van der Waals surface area contributed by atoms with Gasteiger partial charge < -0.3 is 15.0 Å². The maximum Gasteiger partial charge on any atom is 0.574 e. The van der Waals surface area contributed by atoms with Crippen molar-refractivity contribution in [3.05, 3.63) is 54.9 Å². The Morgan fingerprint density at radius 2 is 1.97 bits per heavy atom. The molecule has 0 fully saturated rings. The largest absolute Gasteiger partial charge is 0.574 e. The van der Waals surface area contributed by atoms with E-state index in [0.29, 0.717) is 23.6 Å². The molecule has 1 N–H and O–H groups in total. The van der Waals surface area contributed by atoms with Crippen LogP contribution in [0.5, 0.6) is 5.88 Å². The summed E-state index contributed by atoms with van der Waals surface area (Å²) in [6, 6.07) is 2.42. The summed E-state index contributed by atoms with van der Waals surface area (Å²) < 4.78 is 53.4. The third-order valence-electron chi connectivity index (χ3n) is 3.95. The van der Waals surface area contributed by atoms with Crippen LogP contribution in [-0.4, -0.2) is 45.2 Å². The van der Waals surface area contributed by atoms with E-state index in [1.54, 1.807) is 6.08 Å². The van der Waals surface area contributed by atoms with E-state index in [1.165, 1.54) is 29.6 Å². The molecule has 0 saturated heterocycles. The molecule has 29 heavy (non-hydrogen) atoms. The van der Waals surface area contributed by atoms with Crippen molar-refractivity contribution in [2.45, 2.75) is 12.8 Å². The molecule has 0 unspecified atom stereocenters. The first-order chi connectivity index (χ1) is 13.7. The number of amides is 1. The summed E-state index contributed by atoms with van der Waals surface area (Å²) in [5.41, 5.74) is 1.68. The second-order valence-electron chi connectivity index (χ2n) is 5.95. The summed E-state index contributed by atoms with van der Waals surface area (Å²) in [5.74, 6) is -2.00. The van der Waals surface area contributed by atoms with Gasteiger partial charge in [0, 0.05) is 31.5 Å². The molecule has 0 aliphatic carbocycles. The van der Waals surface area contributed by atoms with Crippen LogP contribution in [0.2, 0.25) is 0 Å². The fourth-order valence-electron chi connectivity index (χ4n) is 2.67. The van der Waals surface area contributed by atoms with Gasteiger partial charge in [0.25, 0.3) is 5.91 Å². The standard InChI is InChI=1S/C18H15F4N5O2/c1-11(19)17(28)27-8-4-12(5-9-27)15-16(24-7-6-23-15)26-13-2-3-14(25-10-13)29-18(20,21)22/h2-4,6-7,10H,1,5,8-9H2,(H,24,26). The van der Waals surface area contributed by atoms with Crippen molar-refractivity contribution in [2.75, 3.05) is 18.4 Å². The Hall–Kier alpha value is -3.50. The summed E-state index contributed by atoms with van der Waals surface area (Å²) >= 11 is 0. The molecule has 0 saturated carbocycles. The Bertz CT molecular complexity index is 944. The number of carbonyl (C=O) groups is 1. The predicted molar refractivity (Wildman–Crippen MR) is 95.7 cm³/mol. The highest BCUT2D eigenvalue weighted by Crippen LogP contribution is 2.28. The van der Waals surface area contributed by atoms with Crippen molar-refractivity contribution >= 4 is 23.0 Å². The molecule has 1 aliphatic heterocycles. The Morgan fingerprint density at radius 1 is 1.21 bits per heavy atom. The fraction of sp³-hybridized carbons (Fsp3) is 0.222. The van der Waals surface area contributed by atoms with Gasteiger partial charge in [0.15, 0.2) is 11.6 Å². The first-order valence-electron chi connectivity index (χ1n) is 8.36. The SMILES string of the molecule is C=C(F)C(=O)N1CC=C(c2nccnc2Nc2ccc(OC(F)(F)F)nc2)CC1. The zero-order valence-electron chi connectivity index (χ0n) is 14.9. The smallest absolute Gasteiger partial charge is 0.388 e. The Labute approximate surface area is 162 Å². The van der Waals surface area contributed by atoms with Crippen LogP contribution >= 0.6 is 0 Å². The van der Waals surface area contributed by atoms with Crippen molar-refractivity contribution in [3.63, 3.8) is 0 Å². The summed E-state index contributed by atoms with van der Waals surface area (Å²) in [5, 5.41) is 2.94. The predicted octanol–water partition coefficient (Wildman–Crippen LogP) is 3.61. The molecule has 3 rings (SSSR count). The second kappa shape index (κ2) is 8.25. The van der Waals surface area contributed by atoms with Gasteiger partial charge in [-0.3, -0.25) is 9.78 Å². The minimum Gasteiger partial charge on any atom is -0.388 e. The summed E-state index contributed by atoms with van der Waals surface area (Å²) in [6.07, 6.45) is 1.44. The van der Waals surface area contributed by atoms with Crippen molar-refractivity contribution in [2.24, 2.45) is 0 Å². The number of hydrogen-bond acceptors (Lipinski definition) is 6. The lowest BCUT2D eigenvalue weighted by Crippen LogP contribution is -2.34. The summed E-state index contributed by atoms with van der Waals surface area (Å²) in [4.78, 5) is 25.1. The number of anilines is 2. The lowest BCUT2D eigenvalue weighted by molar-refractivity contribution is -0.276. The number of carbonyl (C=O) groups excluding carboxylic acids is 1. The number of ether oxygens (including phenoxy) is 1. The highest BCUT2D eigenvalue weighted by molar-refractivity contribution is 5.91. The molecule has 0 radical (unpaired) electrons. The van der Waals surface area contributed by atoms with Crippen LogP contribution in [0.1, 0.15) is 12.1 Å². The zero-order chi connectivity index (χ0) is 21.0. The highest BCUT2D eigenvalue weighted by atomic mass is 19.4. The Morgan fingerprint density at radius 3 is 2.55 bits per heavy atom. The van der Waals surface area contributed by atoms with Crippen LogP contribution in [0.4, 0.5) is 29.1 Å². The molecule has 0 atom stereocenters. The summed E-state index contributed by atoms with van der Waals surface area (Å²) in [6.45, 7) is 3.48. The van der Waals surface area contributed by atoms with Crippen LogP contribution in [0, 0.1) is 0 Å². The van der Waals surface area contributed by atoms with Gasteiger partial charge >= 0.3 is 6.36 Å². The quantitative estimate of drug-likeness (QED) is 0.600. The number of nitrogens with one attached hydrogen (secondary N) is 1.